The lowest BCUT2D eigenvalue weighted by Gasteiger charge is -2.23. The van der Waals surface area contributed by atoms with Crippen LogP contribution in [0.1, 0.15) is 35.6 Å². The number of nitrogens with zero attached hydrogens (tertiary/aromatic N) is 3. The zero-order valence-electron chi connectivity index (χ0n) is 19.3. The summed E-state index contributed by atoms with van der Waals surface area (Å²) in [5.74, 6) is -1.39. The molecule has 0 fully saturated rings. The molecule has 2 aliphatic rings. The summed E-state index contributed by atoms with van der Waals surface area (Å²) in [5.41, 5.74) is 4.06. The molecule has 9 heteroatoms. The summed E-state index contributed by atoms with van der Waals surface area (Å²) in [4.78, 5) is 29.5. The van der Waals surface area contributed by atoms with E-state index in [2.05, 4.69) is 22.4 Å². The fourth-order valence-corrected chi connectivity index (χ4v) is 5.28. The summed E-state index contributed by atoms with van der Waals surface area (Å²) < 4.78 is 13.9. The minimum Gasteiger partial charge on any atom is -0.324 e. The van der Waals surface area contributed by atoms with E-state index in [0.29, 0.717) is 16.6 Å². The number of hydrogen-bond acceptors (Lipinski definition) is 5. The number of carbonyl (C=O) groups is 2. The molecule has 5 rings (SSSR count). The number of benzene rings is 3. The molecule has 2 amide bonds. The van der Waals surface area contributed by atoms with Crippen LogP contribution < -0.4 is 5.32 Å². The van der Waals surface area contributed by atoms with Crippen LogP contribution in [-0.2, 0) is 9.59 Å². The standard InChI is InChI=1S/C27H22ClFN4O2S/c1-16-6-8-18(9-7-16)23-14-22(17-10-12-19(28)13-11-17)32-33(23)27-31-26(35)24(36-27)15-25(34)30-21-5-3-2-4-20(21)29/h2-13,23-24H,14-15H2,1H3,(H,30,34)/t23-,24-/m0/s1. The molecule has 182 valence electrons. The molecule has 2 aliphatic heterocycles. The van der Waals surface area contributed by atoms with Crippen LogP contribution in [0.3, 0.4) is 0 Å². The van der Waals surface area contributed by atoms with Crippen LogP contribution in [0.25, 0.3) is 0 Å². The van der Waals surface area contributed by atoms with Crippen molar-refractivity contribution in [3.05, 3.63) is 100 Å². The van der Waals surface area contributed by atoms with Crippen LogP contribution in [0.2, 0.25) is 5.02 Å². The maximum absolute atomic E-state index is 13.9. The SMILES string of the molecule is Cc1ccc([C@@H]2CC(c3ccc(Cl)cc3)=NN2C2=NC(=O)[C@H](CC(=O)Nc3ccccc3F)S2)cc1. The molecule has 1 N–H and O–H groups in total. The van der Waals surface area contributed by atoms with Crippen molar-refractivity contribution in [3.8, 4) is 0 Å². The quantitative estimate of drug-likeness (QED) is 0.450. The Morgan fingerprint density at radius 2 is 1.83 bits per heavy atom. The lowest BCUT2D eigenvalue weighted by molar-refractivity contribution is -0.121. The molecule has 0 radical (unpaired) electrons. The Morgan fingerprint density at radius 1 is 1.11 bits per heavy atom. The monoisotopic (exact) mass is 520 g/mol. The van der Waals surface area contributed by atoms with E-state index in [-0.39, 0.29) is 18.2 Å². The molecule has 2 heterocycles. The highest BCUT2D eigenvalue weighted by Gasteiger charge is 2.39. The number of rotatable bonds is 5. The molecule has 0 saturated carbocycles. The zero-order valence-corrected chi connectivity index (χ0v) is 20.9. The minimum atomic E-state index is -0.708. The van der Waals surface area contributed by atoms with E-state index in [1.807, 2.05) is 43.3 Å². The molecule has 3 aromatic carbocycles. The highest BCUT2D eigenvalue weighted by Crippen LogP contribution is 2.38. The average molecular weight is 521 g/mol. The highest BCUT2D eigenvalue weighted by atomic mass is 35.5. The van der Waals surface area contributed by atoms with E-state index < -0.39 is 22.9 Å². The van der Waals surface area contributed by atoms with Crippen molar-refractivity contribution in [1.82, 2.24) is 5.01 Å². The maximum Gasteiger partial charge on any atom is 0.262 e. The molecule has 0 aromatic heterocycles. The van der Waals surface area contributed by atoms with Crippen molar-refractivity contribution in [1.29, 1.82) is 0 Å². The number of carbonyl (C=O) groups excluding carboxylic acids is 2. The summed E-state index contributed by atoms with van der Waals surface area (Å²) in [6, 6.07) is 21.4. The number of nitrogens with one attached hydrogen (secondary N) is 1. The Labute approximate surface area is 217 Å². The first-order chi connectivity index (χ1) is 17.4. The van der Waals surface area contributed by atoms with Gasteiger partial charge in [-0.2, -0.15) is 10.1 Å². The van der Waals surface area contributed by atoms with E-state index in [9.17, 15) is 14.0 Å². The fourth-order valence-electron chi connectivity index (χ4n) is 4.09. The Morgan fingerprint density at radius 3 is 2.56 bits per heavy atom. The number of aliphatic imine (C=N–C) groups is 1. The van der Waals surface area contributed by atoms with E-state index in [1.165, 1.54) is 23.9 Å². The number of para-hydroxylation sites is 1. The smallest absolute Gasteiger partial charge is 0.262 e. The van der Waals surface area contributed by atoms with Gasteiger partial charge in [0, 0.05) is 17.9 Å². The van der Waals surface area contributed by atoms with Crippen molar-refractivity contribution in [2.75, 3.05) is 5.32 Å². The van der Waals surface area contributed by atoms with Crippen LogP contribution in [0.4, 0.5) is 10.1 Å². The van der Waals surface area contributed by atoms with Gasteiger partial charge in [-0.1, -0.05) is 77.5 Å². The van der Waals surface area contributed by atoms with Crippen molar-refractivity contribution >= 4 is 51.7 Å². The van der Waals surface area contributed by atoms with Gasteiger partial charge in [-0.3, -0.25) is 9.59 Å². The van der Waals surface area contributed by atoms with Crippen molar-refractivity contribution in [2.24, 2.45) is 10.1 Å². The van der Waals surface area contributed by atoms with E-state index >= 15 is 0 Å². The van der Waals surface area contributed by atoms with E-state index in [4.69, 9.17) is 16.7 Å². The molecule has 0 saturated heterocycles. The minimum absolute atomic E-state index is 0.0790. The Balaban J connectivity index is 1.36. The van der Waals surface area contributed by atoms with Crippen LogP contribution in [0.5, 0.6) is 0 Å². The van der Waals surface area contributed by atoms with Crippen molar-refractivity contribution < 1.29 is 14.0 Å². The third kappa shape index (κ3) is 5.20. The lowest BCUT2D eigenvalue weighted by atomic mass is 9.98. The van der Waals surface area contributed by atoms with Crippen molar-refractivity contribution in [2.45, 2.75) is 31.1 Å². The number of hydrazone groups is 1. The first kappa shape index (κ1) is 24.2. The largest absolute Gasteiger partial charge is 0.324 e. The summed E-state index contributed by atoms with van der Waals surface area (Å²) in [6.45, 7) is 2.03. The number of thioether (sulfide) groups is 1. The summed E-state index contributed by atoms with van der Waals surface area (Å²) >= 11 is 7.26. The van der Waals surface area contributed by atoms with Crippen LogP contribution in [-0.4, -0.2) is 33.0 Å². The van der Waals surface area contributed by atoms with Crippen LogP contribution in [0, 0.1) is 12.7 Å². The normalized spacial score (nSPS) is 19.3. The van der Waals surface area contributed by atoms with Crippen LogP contribution >= 0.6 is 23.4 Å². The highest BCUT2D eigenvalue weighted by molar-refractivity contribution is 8.15. The van der Waals surface area contributed by atoms with Gasteiger partial charge >= 0.3 is 0 Å². The molecule has 0 aliphatic carbocycles. The second-order valence-electron chi connectivity index (χ2n) is 8.60. The van der Waals surface area contributed by atoms with Gasteiger partial charge in [0.05, 0.1) is 17.4 Å². The van der Waals surface area contributed by atoms with Gasteiger partial charge in [-0.25, -0.2) is 9.40 Å². The van der Waals surface area contributed by atoms with E-state index in [1.54, 1.807) is 17.1 Å². The summed E-state index contributed by atoms with van der Waals surface area (Å²) in [5, 5.41) is 9.51. The second-order valence-corrected chi connectivity index (χ2v) is 10.2. The Kier molecular flexibility index (Phi) is 6.89. The Hall–Kier alpha value is -3.49. The van der Waals surface area contributed by atoms with Gasteiger partial charge in [-0.05, 0) is 42.3 Å². The summed E-state index contributed by atoms with van der Waals surface area (Å²) in [7, 11) is 0. The summed E-state index contributed by atoms with van der Waals surface area (Å²) in [6.07, 6.45) is 0.499. The number of amidine groups is 1. The second kappa shape index (κ2) is 10.2. The molecular weight excluding hydrogens is 499 g/mol. The van der Waals surface area contributed by atoms with E-state index in [0.717, 1.165) is 22.4 Å². The molecule has 6 nitrogen and oxygen atoms in total. The first-order valence-corrected chi connectivity index (χ1v) is 12.7. The van der Waals surface area contributed by atoms with Crippen molar-refractivity contribution in [3.63, 3.8) is 0 Å². The predicted octanol–water partition coefficient (Wildman–Crippen LogP) is 5.97. The maximum atomic E-state index is 13.9. The number of amides is 2. The molecular formula is C27H22ClFN4O2S. The van der Waals surface area contributed by atoms with Crippen LogP contribution in [0.15, 0.2) is 82.9 Å². The first-order valence-electron chi connectivity index (χ1n) is 11.4. The topological polar surface area (TPSA) is 74.1 Å². The number of hydrogen-bond donors (Lipinski definition) is 1. The lowest BCUT2D eigenvalue weighted by Crippen LogP contribution is -2.25. The van der Waals surface area contributed by atoms with Gasteiger partial charge < -0.3 is 5.32 Å². The molecule has 0 unspecified atom stereocenters. The number of anilines is 1. The van der Waals surface area contributed by atoms with Gasteiger partial charge in [-0.15, -0.1) is 0 Å². The van der Waals surface area contributed by atoms with Gasteiger partial charge in [0.2, 0.25) is 5.91 Å². The van der Waals surface area contributed by atoms with Gasteiger partial charge in [0.25, 0.3) is 5.91 Å². The molecule has 2 atom stereocenters. The fraction of sp³-hybridized carbons (Fsp3) is 0.185. The molecule has 36 heavy (non-hydrogen) atoms. The van der Waals surface area contributed by atoms with Gasteiger partial charge in [0.15, 0.2) is 5.17 Å². The molecule has 0 bridgehead atoms. The predicted molar refractivity (Wildman–Crippen MR) is 142 cm³/mol. The number of halogens is 2. The third-order valence-electron chi connectivity index (χ3n) is 5.99. The zero-order chi connectivity index (χ0) is 25.2. The molecule has 3 aromatic rings. The Bertz CT molecular complexity index is 1380. The third-order valence-corrected chi connectivity index (χ3v) is 7.39. The molecule has 0 spiro atoms. The average Bonchev–Trinajstić information content (AvgIpc) is 3.45. The van der Waals surface area contributed by atoms with Gasteiger partial charge in [0.1, 0.15) is 11.1 Å². The number of aryl methyl sites for hydroxylation is 1.